The lowest BCUT2D eigenvalue weighted by molar-refractivity contribution is 0.1000. The van der Waals surface area contributed by atoms with Crippen LogP contribution in [0.5, 0.6) is 5.88 Å². The van der Waals surface area contributed by atoms with Crippen LogP contribution in [-0.4, -0.2) is 46.3 Å². The molecule has 0 unspecified atom stereocenters. The molecule has 172 valence electrons. The number of methoxy groups -OCH3 is 1. The number of halogens is 2. The summed E-state index contributed by atoms with van der Waals surface area (Å²) in [5, 5.41) is 17.1. The summed E-state index contributed by atoms with van der Waals surface area (Å²) >= 11 is 0. The number of pyridine rings is 2. The Morgan fingerprint density at radius 3 is 2.50 bits per heavy atom. The number of carbonyl (C=O) groups is 2. The minimum Gasteiger partial charge on any atom is -0.479 e. The normalized spacial score (nSPS) is 15.2. The van der Waals surface area contributed by atoms with E-state index in [-0.39, 0.29) is 34.7 Å². The minimum absolute atomic E-state index is 0.112. The van der Waals surface area contributed by atoms with Crippen LogP contribution in [0, 0.1) is 17.6 Å². The number of anilines is 3. The Labute approximate surface area is 182 Å². The molecule has 32 heavy (non-hydrogen) atoms. The first-order valence-electron chi connectivity index (χ1n) is 9.92. The van der Waals surface area contributed by atoms with Gasteiger partial charge in [0, 0.05) is 12.1 Å². The van der Waals surface area contributed by atoms with Gasteiger partial charge in [-0.15, -0.1) is 0 Å². The van der Waals surface area contributed by atoms with Crippen LogP contribution >= 0.6 is 0 Å². The molecule has 0 radical (unpaired) electrons. The molecule has 12 heteroatoms. The third-order valence-corrected chi connectivity index (χ3v) is 5.36. The molecule has 1 saturated carbocycles. The highest BCUT2D eigenvalue weighted by molar-refractivity contribution is 5.98. The fourth-order valence-corrected chi connectivity index (χ4v) is 3.55. The van der Waals surface area contributed by atoms with Crippen molar-refractivity contribution in [3.63, 3.8) is 0 Å². The first-order valence-corrected chi connectivity index (χ1v) is 9.92. The van der Waals surface area contributed by atoms with E-state index in [0.717, 1.165) is 31.4 Å². The monoisotopic (exact) mass is 450 g/mol. The predicted molar refractivity (Wildman–Crippen MR) is 112 cm³/mol. The Hall–Kier alpha value is -3.70. The summed E-state index contributed by atoms with van der Waals surface area (Å²) in [7, 11) is 1.27. The van der Waals surface area contributed by atoms with Crippen LogP contribution in [0.2, 0.25) is 0 Å². The van der Waals surface area contributed by atoms with E-state index in [4.69, 9.17) is 15.6 Å². The largest absolute Gasteiger partial charge is 0.479 e. The lowest BCUT2D eigenvalue weighted by atomic mass is 9.77. The van der Waals surface area contributed by atoms with Crippen molar-refractivity contribution in [3.05, 3.63) is 35.5 Å². The van der Waals surface area contributed by atoms with Gasteiger partial charge in [0.2, 0.25) is 5.88 Å². The number of nitrogens with zero attached hydrogens (tertiary/aromatic N) is 2. The van der Waals surface area contributed by atoms with Gasteiger partial charge in [-0.25, -0.2) is 23.5 Å². The molecule has 2 aromatic heterocycles. The fourth-order valence-electron chi connectivity index (χ4n) is 3.55. The van der Waals surface area contributed by atoms with Crippen molar-refractivity contribution in [1.29, 1.82) is 0 Å². The predicted octanol–water partition coefficient (Wildman–Crippen LogP) is 2.84. The van der Waals surface area contributed by atoms with Crippen molar-refractivity contribution in [2.24, 2.45) is 11.7 Å². The van der Waals surface area contributed by atoms with Gasteiger partial charge >= 0.3 is 6.09 Å². The molecule has 0 spiro atoms. The van der Waals surface area contributed by atoms with E-state index in [1.807, 2.05) is 0 Å². The smallest absolute Gasteiger partial charge is 0.404 e. The fraction of sp³-hybridized carbons (Fsp3) is 0.400. The van der Waals surface area contributed by atoms with E-state index >= 15 is 0 Å². The zero-order chi connectivity index (χ0) is 23.4. The van der Waals surface area contributed by atoms with E-state index < -0.39 is 35.7 Å². The topological polar surface area (TPSA) is 151 Å². The van der Waals surface area contributed by atoms with Crippen molar-refractivity contribution in [2.45, 2.75) is 38.3 Å². The van der Waals surface area contributed by atoms with Crippen LogP contribution in [0.25, 0.3) is 0 Å². The zero-order valence-electron chi connectivity index (χ0n) is 17.5. The zero-order valence-corrected chi connectivity index (χ0v) is 17.5. The molecule has 0 bridgehead atoms. The average molecular weight is 450 g/mol. The van der Waals surface area contributed by atoms with E-state index in [1.54, 1.807) is 6.92 Å². The summed E-state index contributed by atoms with van der Waals surface area (Å²) in [4.78, 5) is 30.8. The van der Waals surface area contributed by atoms with Crippen molar-refractivity contribution in [1.82, 2.24) is 15.3 Å². The molecule has 2 aromatic rings. The number of amides is 2. The summed E-state index contributed by atoms with van der Waals surface area (Å²) < 4.78 is 33.5. The Balaban J connectivity index is 1.93. The van der Waals surface area contributed by atoms with Gasteiger partial charge in [0.15, 0.2) is 17.5 Å². The Kier molecular flexibility index (Phi) is 6.91. The summed E-state index contributed by atoms with van der Waals surface area (Å²) in [6, 6.07) is 1.02. The second-order valence-corrected chi connectivity index (χ2v) is 7.52. The lowest BCUT2D eigenvalue weighted by Gasteiger charge is -2.38. The summed E-state index contributed by atoms with van der Waals surface area (Å²) in [5.74, 6) is -2.95. The molecule has 10 nitrogen and oxygen atoms in total. The number of carboxylic acid groups (broad SMARTS) is 1. The van der Waals surface area contributed by atoms with Crippen LogP contribution in [0.4, 0.5) is 30.9 Å². The highest BCUT2D eigenvalue weighted by Gasteiger charge is 2.33. The SMILES string of the molecule is COc1ncc(Nc2nc(N[C@H](C3CCC3)[C@H](C)NC(=O)O)c(F)cc2C(N)=O)cc1F. The molecule has 3 rings (SSSR count). The quantitative estimate of drug-likeness (QED) is 0.391. The maximum atomic E-state index is 14.8. The molecule has 6 N–H and O–H groups in total. The van der Waals surface area contributed by atoms with Crippen molar-refractivity contribution in [3.8, 4) is 5.88 Å². The van der Waals surface area contributed by atoms with Gasteiger partial charge in [-0.2, -0.15) is 0 Å². The standard InChI is InChI=1S/C20H24F2N6O4/c1-9(25-20(30)31)15(10-4-3-5-10)27-18-13(21)7-12(16(23)29)17(28-18)26-11-6-14(22)19(32-2)24-8-11/h6-10,15,25H,3-5H2,1-2H3,(H2,23,29)(H,30,31)(H2,26,27,28)/t9-,15-/m0/s1. The van der Waals surface area contributed by atoms with Gasteiger partial charge in [-0.3, -0.25) is 4.79 Å². The Morgan fingerprint density at radius 1 is 1.25 bits per heavy atom. The van der Waals surface area contributed by atoms with Gasteiger partial charge in [-0.1, -0.05) is 6.42 Å². The summed E-state index contributed by atoms with van der Waals surface area (Å²) in [6.45, 7) is 1.67. The van der Waals surface area contributed by atoms with Crippen molar-refractivity contribution in [2.75, 3.05) is 17.7 Å². The molecule has 0 aromatic carbocycles. The van der Waals surface area contributed by atoms with E-state index in [9.17, 15) is 18.4 Å². The first kappa shape index (κ1) is 23.0. The molecule has 1 aliphatic carbocycles. The molecule has 2 amide bonds. The van der Waals surface area contributed by atoms with Gasteiger partial charge in [0.1, 0.15) is 5.82 Å². The van der Waals surface area contributed by atoms with Gasteiger partial charge in [0.05, 0.1) is 30.6 Å². The van der Waals surface area contributed by atoms with E-state index in [0.29, 0.717) is 0 Å². The Morgan fingerprint density at radius 2 is 1.97 bits per heavy atom. The molecule has 2 heterocycles. The van der Waals surface area contributed by atoms with Gasteiger partial charge in [-0.05, 0) is 31.7 Å². The van der Waals surface area contributed by atoms with Crippen LogP contribution in [0.1, 0.15) is 36.5 Å². The summed E-state index contributed by atoms with van der Waals surface area (Å²) in [5.41, 5.74) is 5.24. The number of hydrogen-bond acceptors (Lipinski definition) is 7. The van der Waals surface area contributed by atoms with Crippen LogP contribution < -0.4 is 26.4 Å². The third kappa shape index (κ3) is 5.13. The number of ether oxygens (including phenoxy) is 1. The second kappa shape index (κ2) is 9.62. The van der Waals surface area contributed by atoms with Crippen molar-refractivity contribution < 1.29 is 28.2 Å². The third-order valence-electron chi connectivity index (χ3n) is 5.36. The minimum atomic E-state index is -1.20. The number of rotatable bonds is 9. The van der Waals surface area contributed by atoms with E-state index in [1.165, 1.54) is 13.3 Å². The summed E-state index contributed by atoms with van der Waals surface area (Å²) in [6.07, 6.45) is 2.75. The molecule has 0 saturated heterocycles. The number of carbonyl (C=O) groups excluding carboxylic acids is 1. The Bertz CT molecular complexity index is 1020. The lowest BCUT2D eigenvalue weighted by Crippen LogP contribution is -2.50. The molecular weight excluding hydrogens is 426 g/mol. The molecule has 2 atom stereocenters. The van der Waals surface area contributed by atoms with Crippen LogP contribution in [-0.2, 0) is 0 Å². The molecule has 1 aliphatic rings. The van der Waals surface area contributed by atoms with Crippen molar-refractivity contribution >= 4 is 29.3 Å². The van der Waals surface area contributed by atoms with Gasteiger partial charge < -0.3 is 31.5 Å². The molecule has 0 aliphatic heterocycles. The molecule has 1 fully saturated rings. The number of hydrogen-bond donors (Lipinski definition) is 5. The number of primary amides is 1. The second-order valence-electron chi connectivity index (χ2n) is 7.52. The molecular formula is C20H24F2N6O4. The van der Waals surface area contributed by atoms with Crippen LogP contribution in [0.3, 0.4) is 0 Å². The maximum absolute atomic E-state index is 14.8. The number of aromatic nitrogens is 2. The maximum Gasteiger partial charge on any atom is 0.404 e. The number of nitrogens with two attached hydrogens (primary N) is 1. The van der Waals surface area contributed by atoms with Crippen LogP contribution in [0.15, 0.2) is 18.3 Å². The average Bonchev–Trinajstić information content (AvgIpc) is 2.67. The highest BCUT2D eigenvalue weighted by Crippen LogP contribution is 2.34. The number of nitrogens with one attached hydrogen (secondary N) is 3. The highest BCUT2D eigenvalue weighted by atomic mass is 19.1. The van der Waals surface area contributed by atoms with Gasteiger partial charge in [0.25, 0.3) is 5.91 Å². The van der Waals surface area contributed by atoms with E-state index in [2.05, 4.69) is 25.9 Å². The first-order chi connectivity index (χ1) is 15.2.